The van der Waals surface area contributed by atoms with E-state index in [1.807, 2.05) is 6.07 Å². The summed E-state index contributed by atoms with van der Waals surface area (Å²) in [6.45, 7) is 5.94. The molecule has 0 spiro atoms. The van der Waals surface area contributed by atoms with Crippen LogP contribution in [0.15, 0.2) is 30.3 Å². The summed E-state index contributed by atoms with van der Waals surface area (Å²) in [6.07, 6.45) is 1.00. The van der Waals surface area contributed by atoms with Crippen molar-refractivity contribution in [2.24, 2.45) is 0 Å². The highest BCUT2D eigenvalue weighted by Crippen LogP contribution is 2.28. The number of rotatable bonds is 2. The molecular weight excluding hydrogens is 187 g/mol. The summed E-state index contributed by atoms with van der Waals surface area (Å²) >= 11 is 0. The monoisotopic (exact) mass is 204 g/mol. The van der Waals surface area contributed by atoms with E-state index in [1.165, 1.54) is 5.56 Å². The van der Waals surface area contributed by atoms with Crippen LogP contribution in [-0.4, -0.2) is 20.3 Å². The smallest absolute Gasteiger partial charge is 0.411 e. The van der Waals surface area contributed by atoms with Crippen molar-refractivity contribution >= 4 is 7.12 Å². The molecule has 0 N–H and O–H groups in total. The quantitative estimate of drug-likeness (QED) is 0.688. The van der Waals surface area contributed by atoms with Gasteiger partial charge in [-0.3, -0.25) is 0 Å². The van der Waals surface area contributed by atoms with Crippen LogP contribution in [-0.2, 0) is 14.6 Å². The molecule has 0 saturated carbocycles. The minimum atomic E-state index is -0.117. The van der Waals surface area contributed by atoms with Crippen molar-refractivity contribution in [1.29, 1.82) is 0 Å². The predicted molar refractivity (Wildman–Crippen MR) is 61.7 cm³/mol. The Kier molecular flexibility index (Phi) is 3.12. The predicted octanol–water partition coefficient (Wildman–Crippen LogP) is 2.43. The number of hydrogen-bond donors (Lipinski definition) is 0. The average Bonchev–Trinajstić information content (AvgIpc) is 2.31. The van der Waals surface area contributed by atoms with E-state index in [-0.39, 0.29) is 12.4 Å². The molecule has 0 unspecified atom stereocenters. The molecule has 0 bridgehead atoms. The van der Waals surface area contributed by atoms with Gasteiger partial charge < -0.3 is 9.31 Å². The number of hydrogen-bond acceptors (Lipinski definition) is 2. The second-order valence-electron chi connectivity index (χ2n) is 4.51. The third kappa shape index (κ3) is 2.24. The topological polar surface area (TPSA) is 18.5 Å². The lowest BCUT2D eigenvalue weighted by Gasteiger charge is -2.33. The molecule has 0 aliphatic carbocycles. The first-order valence-corrected chi connectivity index (χ1v) is 5.50. The summed E-state index contributed by atoms with van der Waals surface area (Å²) in [4.78, 5) is 0. The Morgan fingerprint density at radius 1 is 1.07 bits per heavy atom. The van der Waals surface area contributed by atoms with E-state index in [1.54, 1.807) is 0 Å². The molecule has 2 nitrogen and oxygen atoms in total. The van der Waals surface area contributed by atoms with Crippen LogP contribution in [0.2, 0.25) is 0 Å². The molecule has 1 aliphatic heterocycles. The third-order valence-corrected chi connectivity index (χ3v) is 2.93. The van der Waals surface area contributed by atoms with Crippen LogP contribution in [0, 0.1) is 0 Å². The van der Waals surface area contributed by atoms with Crippen LogP contribution in [0.1, 0.15) is 25.8 Å². The summed E-state index contributed by atoms with van der Waals surface area (Å²) < 4.78 is 11.3. The Balaban J connectivity index is 2.18. The second kappa shape index (κ2) is 4.37. The molecule has 1 saturated heterocycles. The van der Waals surface area contributed by atoms with Crippen LogP contribution in [0.25, 0.3) is 0 Å². The van der Waals surface area contributed by atoms with Crippen molar-refractivity contribution in [2.75, 3.05) is 13.2 Å². The molecule has 0 radical (unpaired) electrons. The molecular formula is C12H17BO2. The molecule has 1 aliphatic rings. The van der Waals surface area contributed by atoms with E-state index in [9.17, 15) is 0 Å². The van der Waals surface area contributed by atoms with Gasteiger partial charge in [-0.15, -0.1) is 0 Å². The molecule has 2 rings (SSSR count). The zero-order valence-electron chi connectivity index (χ0n) is 9.40. The van der Waals surface area contributed by atoms with Gasteiger partial charge >= 0.3 is 7.12 Å². The molecule has 1 aromatic carbocycles. The Morgan fingerprint density at radius 2 is 1.67 bits per heavy atom. The standard InChI is InChI=1S/C12H17BO2/c1-12(2,11-7-4-3-5-8-11)13-14-9-6-10-15-13/h3-5,7-8H,6,9-10H2,1-2H3. The Labute approximate surface area is 91.7 Å². The SMILES string of the molecule is CC(C)(B1OCCCO1)c1ccccc1. The highest BCUT2D eigenvalue weighted by atomic mass is 16.6. The van der Waals surface area contributed by atoms with Crippen molar-refractivity contribution in [2.45, 2.75) is 25.6 Å². The fraction of sp³-hybridized carbons (Fsp3) is 0.500. The highest BCUT2D eigenvalue weighted by Gasteiger charge is 2.40. The molecule has 3 heteroatoms. The van der Waals surface area contributed by atoms with E-state index < -0.39 is 0 Å². The maximum Gasteiger partial charge on any atom is 0.467 e. The maximum absolute atomic E-state index is 5.67. The van der Waals surface area contributed by atoms with Crippen molar-refractivity contribution in [3.05, 3.63) is 35.9 Å². The normalized spacial score (nSPS) is 17.9. The zero-order valence-corrected chi connectivity index (χ0v) is 9.40. The van der Waals surface area contributed by atoms with Gasteiger partial charge in [0.25, 0.3) is 0 Å². The van der Waals surface area contributed by atoms with Crippen molar-refractivity contribution in [3.63, 3.8) is 0 Å². The summed E-state index contributed by atoms with van der Waals surface area (Å²) in [6, 6.07) is 10.4. The Morgan fingerprint density at radius 3 is 2.27 bits per heavy atom. The van der Waals surface area contributed by atoms with Gasteiger partial charge in [0.1, 0.15) is 0 Å². The Bertz CT molecular complexity index is 305. The molecule has 1 heterocycles. The fourth-order valence-electron chi connectivity index (χ4n) is 1.91. The highest BCUT2D eigenvalue weighted by molar-refractivity contribution is 6.48. The van der Waals surface area contributed by atoms with E-state index in [0.717, 1.165) is 19.6 Å². The van der Waals surface area contributed by atoms with Gasteiger partial charge in [0.2, 0.25) is 0 Å². The van der Waals surface area contributed by atoms with Gasteiger partial charge in [-0.2, -0.15) is 0 Å². The van der Waals surface area contributed by atoms with E-state index in [2.05, 4.69) is 38.1 Å². The van der Waals surface area contributed by atoms with Crippen LogP contribution in [0.4, 0.5) is 0 Å². The Hall–Kier alpha value is -0.795. The summed E-state index contributed by atoms with van der Waals surface area (Å²) in [5, 5.41) is -0.0817. The van der Waals surface area contributed by atoms with Gasteiger partial charge in [0, 0.05) is 18.5 Å². The van der Waals surface area contributed by atoms with E-state index in [4.69, 9.17) is 9.31 Å². The van der Waals surface area contributed by atoms with Crippen molar-refractivity contribution < 1.29 is 9.31 Å². The van der Waals surface area contributed by atoms with Gasteiger partial charge in [-0.05, 0) is 12.0 Å². The fourth-order valence-corrected chi connectivity index (χ4v) is 1.91. The summed E-state index contributed by atoms with van der Waals surface area (Å²) in [5.41, 5.74) is 1.26. The molecule has 15 heavy (non-hydrogen) atoms. The van der Waals surface area contributed by atoms with E-state index in [0.29, 0.717) is 0 Å². The first-order valence-electron chi connectivity index (χ1n) is 5.50. The van der Waals surface area contributed by atoms with Gasteiger partial charge in [-0.25, -0.2) is 0 Å². The van der Waals surface area contributed by atoms with Crippen molar-refractivity contribution in [3.8, 4) is 0 Å². The lowest BCUT2D eigenvalue weighted by molar-refractivity contribution is 0.118. The number of benzene rings is 1. The zero-order chi connectivity index (χ0) is 10.7. The summed E-state index contributed by atoms with van der Waals surface area (Å²) in [7, 11) is -0.117. The third-order valence-electron chi connectivity index (χ3n) is 2.93. The van der Waals surface area contributed by atoms with Gasteiger partial charge in [-0.1, -0.05) is 44.2 Å². The van der Waals surface area contributed by atoms with Crippen LogP contribution in [0.3, 0.4) is 0 Å². The van der Waals surface area contributed by atoms with E-state index >= 15 is 0 Å². The molecule has 0 atom stereocenters. The molecule has 1 fully saturated rings. The maximum atomic E-state index is 5.67. The average molecular weight is 204 g/mol. The van der Waals surface area contributed by atoms with Crippen LogP contribution in [0.5, 0.6) is 0 Å². The molecule has 0 aromatic heterocycles. The molecule has 1 aromatic rings. The summed E-state index contributed by atoms with van der Waals surface area (Å²) in [5.74, 6) is 0. The first kappa shape index (κ1) is 10.7. The largest absolute Gasteiger partial charge is 0.467 e. The van der Waals surface area contributed by atoms with Crippen LogP contribution >= 0.6 is 0 Å². The first-order chi connectivity index (χ1) is 7.21. The minimum absolute atomic E-state index is 0.0817. The molecule has 80 valence electrons. The minimum Gasteiger partial charge on any atom is -0.411 e. The van der Waals surface area contributed by atoms with Crippen LogP contribution < -0.4 is 0 Å². The second-order valence-corrected chi connectivity index (χ2v) is 4.51. The van der Waals surface area contributed by atoms with Crippen molar-refractivity contribution in [1.82, 2.24) is 0 Å². The van der Waals surface area contributed by atoms with Gasteiger partial charge in [0.15, 0.2) is 0 Å². The lowest BCUT2D eigenvalue weighted by Crippen LogP contribution is -2.46. The van der Waals surface area contributed by atoms with Gasteiger partial charge in [0.05, 0.1) is 0 Å². The molecule has 0 amide bonds. The lowest BCUT2D eigenvalue weighted by atomic mass is 9.56.